The van der Waals surface area contributed by atoms with E-state index < -0.39 is 6.10 Å². The van der Waals surface area contributed by atoms with Gasteiger partial charge in [0.05, 0.1) is 35.0 Å². The van der Waals surface area contributed by atoms with Gasteiger partial charge in [-0.3, -0.25) is 9.48 Å². The minimum absolute atomic E-state index is 0.169. The zero-order chi connectivity index (χ0) is 20.5. The first-order chi connectivity index (χ1) is 13.9. The molecular weight excluding hydrogens is 398 g/mol. The number of aromatic amines is 1. The van der Waals surface area contributed by atoms with Crippen LogP contribution in [-0.2, 0) is 11.8 Å². The van der Waals surface area contributed by atoms with Crippen molar-refractivity contribution in [3.05, 3.63) is 36.3 Å². The largest absolute Gasteiger partial charge is 0.477 e. The lowest BCUT2D eigenvalue weighted by Gasteiger charge is -2.15. The summed E-state index contributed by atoms with van der Waals surface area (Å²) >= 11 is 6.26. The molecule has 3 aromatic heterocycles. The Balaban J connectivity index is 1.55. The first-order valence-corrected chi connectivity index (χ1v) is 9.35. The maximum atomic E-state index is 11.8. The van der Waals surface area contributed by atoms with Gasteiger partial charge in [-0.2, -0.15) is 15.1 Å². The zero-order valence-electron chi connectivity index (χ0n) is 15.7. The third-order valence-electron chi connectivity index (χ3n) is 4.74. The number of aryl methyl sites for hydroxylation is 1. The standard InChI is InChI=1S/C18H20ClN7O3/c1-3-14(28)26-6-10(13(27)8-26)9-29-17-15-12(19)5-20-16(15)23-18(24-17)22-11-4-21-25(2)7-11/h3-5,7,10,13,27H,1,6,8-9H2,2H3,(H2,20,22,23,24)/t10-,13+/m1/s1. The van der Waals surface area contributed by atoms with Gasteiger partial charge < -0.3 is 25.0 Å². The molecule has 0 radical (unpaired) electrons. The molecule has 4 rings (SSSR count). The molecule has 1 fully saturated rings. The summed E-state index contributed by atoms with van der Waals surface area (Å²) in [6, 6.07) is 0. The number of anilines is 2. The smallest absolute Gasteiger partial charge is 0.246 e. The van der Waals surface area contributed by atoms with E-state index in [1.807, 2.05) is 7.05 Å². The maximum Gasteiger partial charge on any atom is 0.246 e. The van der Waals surface area contributed by atoms with Gasteiger partial charge in [0.2, 0.25) is 17.7 Å². The summed E-state index contributed by atoms with van der Waals surface area (Å²) in [4.78, 5) is 25.2. The number of halogens is 1. The van der Waals surface area contributed by atoms with Crippen LogP contribution >= 0.6 is 11.6 Å². The predicted molar refractivity (Wildman–Crippen MR) is 107 cm³/mol. The van der Waals surface area contributed by atoms with Gasteiger partial charge >= 0.3 is 0 Å². The summed E-state index contributed by atoms with van der Waals surface area (Å²) in [7, 11) is 1.81. The summed E-state index contributed by atoms with van der Waals surface area (Å²) in [5, 5.41) is 18.4. The topological polar surface area (TPSA) is 121 Å². The van der Waals surface area contributed by atoms with Gasteiger partial charge in [-0.25, -0.2) is 0 Å². The van der Waals surface area contributed by atoms with E-state index in [1.165, 1.54) is 6.08 Å². The van der Waals surface area contributed by atoms with Crippen molar-refractivity contribution in [1.82, 2.24) is 29.6 Å². The number of aliphatic hydroxyl groups excluding tert-OH is 1. The van der Waals surface area contributed by atoms with Crippen molar-refractivity contribution in [2.24, 2.45) is 13.0 Å². The van der Waals surface area contributed by atoms with Crippen LogP contribution in [-0.4, -0.2) is 66.4 Å². The number of fused-ring (bicyclic) bond motifs is 1. The van der Waals surface area contributed by atoms with E-state index in [4.69, 9.17) is 16.3 Å². The molecule has 4 heterocycles. The number of amides is 1. The van der Waals surface area contributed by atoms with E-state index in [0.29, 0.717) is 28.5 Å². The molecule has 11 heteroatoms. The molecule has 10 nitrogen and oxygen atoms in total. The summed E-state index contributed by atoms with van der Waals surface area (Å²) in [6.45, 7) is 4.27. The third kappa shape index (κ3) is 3.89. The molecule has 29 heavy (non-hydrogen) atoms. The quantitative estimate of drug-likeness (QED) is 0.519. The van der Waals surface area contributed by atoms with Gasteiger partial charge in [0.15, 0.2) is 0 Å². The Morgan fingerprint density at radius 3 is 3.07 bits per heavy atom. The van der Waals surface area contributed by atoms with Crippen molar-refractivity contribution < 1.29 is 14.6 Å². The van der Waals surface area contributed by atoms with E-state index in [2.05, 4.69) is 31.9 Å². The van der Waals surface area contributed by atoms with E-state index in [9.17, 15) is 9.90 Å². The molecule has 2 atom stereocenters. The van der Waals surface area contributed by atoms with Gasteiger partial charge in [0.1, 0.15) is 5.65 Å². The number of aliphatic hydroxyl groups is 1. The Bertz CT molecular complexity index is 1060. The molecular formula is C18H20ClN7O3. The third-order valence-corrected chi connectivity index (χ3v) is 5.04. The number of nitrogens with zero attached hydrogens (tertiary/aromatic N) is 5. The first kappa shape index (κ1) is 19.2. The Labute approximate surface area is 171 Å². The highest BCUT2D eigenvalue weighted by Crippen LogP contribution is 2.32. The Morgan fingerprint density at radius 1 is 1.52 bits per heavy atom. The number of aromatic nitrogens is 5. The number of H-pyrrole nitrogens is 1. The summed E-state index contributed by atoms with van der Waals surface area (Å²) < 4.78 is 7.57. The molecule has 1 aliphatic rings. The average molecular weight is 418 g/mol. The van der Waals surface area contributed by atoms with Crippen molar-refractivity contribution in [1.29, 1.82) is 0 Å². The van der Waals surface area contributed by atoms with Crippen molar-refractivity contribution in [2.45, 2.75) is 6.10 Å². The van der Waals surface area contributed by atoms with Gasteiger partial charge in [0.25, 0.3) is 0 Å². The van der Waals surface area contributed by atoms with Crippen molar-refractivity contribution in [3.63, 3.8) is 0 Å². The van der Waals surface area contributed by atoms with Crippen LogP contribution < -0.4 is 10.1 Å². The molecule has 0 aromatic carbocycles. The number of hydrogen-bond donors (Lipinski definition) is 3. The predicted octanol–water partition coefficient (Wildman–Crippen LogP) is 1.47. The monoisotopic (exact) mass is 417 g/mol. The second kappa shape index (κ2) is 7.72. The van der Waals surface area contributed by atoms with Gasteiger partial charge in [-0.05, 0) is 6.08 Å². The number of hydrogen-bond acceptors (Lipinski definition) is 7. The summed E-state index contributed by atoms with van der Waals surface area (Å²) in [5.41, 5.74) is 1.24. The Hall–Kier alpha value is -3.11. The van der Waals surface area contributed by atoms with E-state index in [-0.39, 0.29) is 30.9 Å². The molecule has 0 bridgehead atoms. The van der Waals surface area contributed by atoms with Crippen LogP contribution in [0, 0.1) is 5.92 Å². The van der Waals surface area contributed by atoms with Crippen LogP contribution in [0.25, 0.3) is 11.0 Å². The molecule has 1 amide bonds. The van der Waals surface area contributed by atoms with Crippen molar-refractivity contribution >= 4 is 40.2 Å². The van der Waals surface area contributed by atoms with Gasteiger partial charge in [0, 0.05) is 38.4 Å². The molecule has 0 spiro atoms. The molecule has 0 aliphatic carbocycles. The fourth-order valence-corrected chi connectivity index (χ4v) is 3.48. The number of ether oxygens (including phenoxy) is 1. The molecule has 152 valence electrons. The molecule has 0 saturated carbocycles. The van der Waals surface area contributed by atoms with Crippen LogP contribution in [0.5, 0.6) is 5.88 Å². The van der Waals surface area contributed by atoms with Crippen LogP contribution in [0.4, 0.5) is 11.6 Å². The minimum Gasteiger partial charge on any atom is -0.477 e. The number of carbonyl (C=O) groups is 1. The van der Waals surface area contributed by atoms with Crippen LogP contribution in [0.2, 0.25) is 5.02 Å². The average Bonchev–Trinajstić information content (AvgIpc) is 3.39. The summed E-state index contributed by atoms with van der Waals surface area (Å²) in [5.74, 6) is 0.131. The molecule has 3 N–H and O–H groups in total. The highest BCUT2D eigenvalue weighted by atomic mass is 35.5. The number of carbonyl (C=O) groups excluding carboxylic acids is 1. The van der Waals surface area contributed by atoms with E-state index >= 15 is 0 Å². The number of rotatable bonds is 6. The SMILES string of the molecule is C=CC(=O)N1C[C@H](COc2nc(Nc3cnn(C)c3)nc3[nH]cc(Cl)c23)[C@@H](O)C1. The first-order valence-electron chi connectivity index (χ1n) is 8.97. The number of nitrogens with one attached hydrogen (secondary N) is 2. The number of β-amino-alcohol motifs (C(OH)–C–C–N with tert-alkyl or cyclic N) is 1. The van der Waals surface area contributed by atoms with Crippen LogP contribution in [0.3, 0.4) is 0 Å². The number of likely N-dealkylation sites (tertiary alicyclic amines) is 1. The van der Waals surface area contributed by atoms with Gasteiger partial charge in [-0.1, -0.05) is 18.2 Å². The lowest BCUT2D eigenvalue weighted by atomic mass is 10.1. The van der Waals surface area contributed by atoms with E-state index in [1.54, 1.807) is 28.2 Å². The highest BCUT2D eigenvalue weighted by molar-refractivity contribution is 6.35. The van der Waals surface area contributed by atoms with Gasteiger partial charge in [-0.15, -0.1) is 0 Å². The lowest BCUT2D eigenvalue weighted by Crippen LogP contribution is -2.27. The van der Waals surface area contributed by atoms with Crippen molar-refractivity contribution in [3.8, 4) is 5.88 Å². The maximum absolute atomic E-state index is 11.8. The lowest BCUT2D eigenvalue weighted by molar-refractivity contribution is -0.125. The summed E-state index contributed by atoms with van der Waals surface area (Å²) in [6.07, 6.45) is 5.59. The fourth-order valence-electron chi connectivity index (χ4n) is 3.25. The zero-order valence-corrected chi connectivity index (χ0v) is 16.4. The van der Waals surface area contributed by atoms with E-state index in [0.717, 1.165) is 5.69 Å². The molecule has 3 aromatic rings. The van der Waals surface area contributed by atoms with Crippen LogP contribution in [0.1, 0.15) is 0 Å². The minimum atomic E-state index is -0.689. The molecule has 1 aliphatic heterocycles. The Morgan fingerprint density at radius 2 is 2.34 bits per heavy atom. The van der Waals surface area contributed by atoms with Crippen LogP contribution in [0.15, 0.2) is 31.2 Å². The fraction of sp³-hybridized carbons (Fsp3) is 0.333. The highest BCUT2D eigenvalue weighted by Gasteiger charge is 2.34. The second-order valence-electron chi connectivity index (χ2n) is 6.83. The molecule has 0 unspecified atom stereocenters. The Kier molecular flexibility index (Phi) is 5.12. The molecule has 1 saturated heterocycles. The normalized spacial score (nSPS) is 18.9. The second-order valence-corrected chi connectivity index (χ2v) is 7.23. The van der Waals surface area contributed by atoms with Crippen molar-refractivity contribution in [2.75, 3.05) is 25.0 Å².